The zero-order valence-corrected chi connectivity index (χ0v) is 14.7. The van der Waals surface area contributed by atoms with Crippen molar-refractivity contribution in [2.75, 3.05) is 16.5 Å². The number of hydrogen-bond donors (Lipinski definition) is 3. The van der Waals surface area contributed by atoms with Crippen LogP contribution in [0.25, 0.3) is 0 Å². The summed E-state index contributed by atoms with van der Waals surface area (Å²) in [6.07, 6.45) is 5.55. The highest BCUT2D eigenvalue weighted by molar-refractivity contribution is 7.99. The largest absolute Gasteiger partial charge is 0.325 e. The van der Waals surface area contributed by atoms with Crippen molar-refractivity contribution in [2.45, 2.75) is 37.3 Å². The van der Waals surface area contributed by atoms with E-state index in [1.165, 1.54) is 12.5 Å². The number of nitrogens with zero attached hydrogens (tertiary/aromatic N) is 3. The van der Waals surface area contributed by atoms with Gasteiger partial charge in [0.1, 0.15) is 0 Å². The van der Waals surface area contributed by atoms with Crippen LogP contribution < -0.4 is 10.7 Å². The number of thioether (sulfide) groups is 1. The number of carbonyl (C=O) groups excluding carboxylic acids is 1. The number of hydrogen-bond acceptors (Lipinski definition) is 6. The van der Waals surface area contributed by atoms with Crippen LogP contribution >= 0.6 is 11.8 Å². The Balaban J connectivity index is 1.46. The summed E-state index contributed by atoms with van der Waals surface area (Å²) >= 11 is 1.12. The number of halogens is 2. The van der Waals surface area contributed by atoms with Crippen LogP contribution in [-0.4, -0.2) is 32.6 Å². The number of carbonyl (C=O) groups is 1. The second-order valence-corrected chi connectivity index (χ2v) is 6.73. The number of H-pyrrole nitrogens is 1. The molecule has 10 heteroatoms. The van der Waals surface area contributed by atoms with E-state index in [-0.39, 0.29) is 17.3 Å². The summed E-state index contributed by atoms with van der Waals surface area (Å²) in [5, 5.41) is 13.9. The summed E-state index contributed by atoms with van der Waals surface area (Å²) in [5.41, 5.74) is 4.15. The minimum absolute atomic E-state index is 0.0325. The molecule has 0 unspecified atom stereocenters. The number of aromatic nitrogens is 3. The number of hydrazone groups is 1. The Kier molecular flexibility index (Phi) is 6.16. The van der Waals surface area contributed by atoms with E-state index in [9.17, 15) is 13.6 Å². The van der Waals surface area contributed by atoms with Gasteiger partial charge in [0.2, 0.25) is 17.0 Å². The van der Waals surface area contributed by atoms with Crippen molar-refractivity contribution in [3.63, 3.8) is 0 Å². The molecule has 0 aliphatic heterocycles. The van der Waals surface area contributed by atoms with E-state index >= 15 is 0 Å². The van der Waals surface area contributed by atoms with Crippen LogP contribution in [0, 0.1) is 11.6 Å². The highest BCUT2D eigenvalue weighted by atomic mass is 32.2. The molecule has 3 rings (SSSR count). The fourth-order valence-electron chi connectivity index (χ4n) is 2.47. The maximum absolute atomic E-state index is 13.1. The number of benzene rings is 1. The third-order valence-corrected chi connectivity index (χ3v) is 4.60. The Bertz CT molecular complexity index is 802. The number of aromatic amines is 1. The second-order valence-electron chi connectivity index (χ2n) is 5.78. The molecule has 1 fully saturated rings. The van der Waals surface area contributed by atoms with Crippen molar-refractivity contribution in [3.8, 4) is 0 Å². The van der Waals surface area contributed by atoms with Gasteiger partial charge in [0.25, 0.3) is 0 Å². The van der Waals surface area contributed by atoms with E-state index in [0.29, 0.717) is 11.1 Å². The monoisotopic (exact) mass is 380 g/mol. The number of rotatable bonds is 6. The molecule has 26 heavy (non-hydrogen) atoms. The molecule has 7 nitrogen and oxygen atoms in total. The summed E-state index contributed by atoms with van der Waals surface area (Å²) in [5.74, 6) is -1.91. The highest BCUT2D eigenvalue weighted by Crippen LogP contribution is 2.18. The predicted octanol–water partition coefficient (Wildman–Crippen LogP) is 3.55. The van der Waals surface area contributed by atoms with Crippen molar-refractivity contribution in [1.82, 2.24) is 15.2 Å². The molecule has 1 heterocycles. The van der Waals surface area contributed by atoms with Gasteiger partial charge in [0, 0.05) is 17.5 Å². The summed E-state index contributed by atoms with van der Waals surface area (Å²) in [6, 6.07) is 3.18. The first-order chi connectivity index (χ1) is 12.6. The topological polar surface area (TPSA) is 95.1 Å². The van der Waals surface area contributed by atoms with Gasteiger partial charge in [0.15, 0.2) is 11.6 Å². The molecule has 1 saturated carbocycles. The smallest absolute Gasteiger partial charge is 0.240 e. The molecular weight excluding hydrogens is 362 g/mol. The van der Waals surface area contributed by atoms with Gasteiger partial charge in [0.05, 0.1) is 5.75 Å². The lowest BCUT2D eigenvalue weighted by Crippen LogP contribution is -2.14. The van der Waals surface area contributed by atoms with E-state index < -0.39 is 11.6 Å². The summed E-state index contributed by atoms with van der Waals surface area (Å²) in [4.78, 5) is 16.1. The van der Waals surface area contributed by atoms with Gasteiger partial charge in [-0.2, -0.15) is 10.1 Å². The lowest BCUT2D eigenvalue weighted by atomic mass is 9.99. The number of anilines is 2. The zero-order chi connectivity index (χ0) is 18.4. The maximum atomic E-state index is 13.1. The Morgan fingerprint density at radius 1 is 1.23 bits per heavy atom. The fraction of sp³-hybridized carbons (Fsp3) is 0.375. The normalized spacial score (nSPS) is 14.2. The Morgan fingerprint density at radius 3 is 2.81 bits per heavy atom. The molecule has 1 aromatic heterocycles. The van der Waals surface area contributed by atoms with Crippen molar-refractivity contribution in [1.29, 1.82) is 0 Å². The molecule has 138 valence electrons. The Morgan fingerprint density at radius 2 is 2.04 bits per heavy atom. The van der Waals surface area contributed by atoms with Crippen LogP contribution in [0.15, 0.2) is 28.5 Å². The van der Waals surface area contributed by atoms with Crippen molar-refractivity contribution in [3.05, 3.63) is 29.8 Å². The first kappa shape index (κ1) is 18.3. The van der Waals surface area contributed by atoms with Gasteiger partial charge < -0.3 is 5.32 Å². The van der Waals surface area contributed by atoms with Gasteiger partial charge in [-0.1, -0.05) is 18.2 Å². The first-order valence-electron chi connectivity index (χ1n) is 8.22. The summed E-state index contributed by atoms with van der Waals surface area (Å²) in [6.45, 7) is 0. The van der Waals surface area contributed by atoms with Crippen LogP contribution in [0.2, 0.25) is 0 Å². The minimum atomic E-state index is -1.01. The standard InChI is InChI=1S/C16H18F2N6OS/c17-12-7-6-11(8-13(12)18)19-14(25)9-26-16-20-15(23-24-16)22-21-10-4-2-1-3-5-10/h6-8H,1-5,9H2,(H,19,25)(H2,20,22,23,24). The minimum Gasteiger partial charge on any atom is -0.325 e. The van der Waals surface area contributed by atoms with Gasteiger partial charge in [-0.25, -0.2) is 19.3 Å². The molecule has 0 atom stereocenters. The van der Waals surface area contributed by atoms with Crippen LogP contribution in [0.4, 0.5) is 20.4 Å². The van der Waals surface area contributed by atoms with Gasteiger partial charge in [-0.05, 0) is 37.8 Å². The maximum Gasteiger partial charge on any atom is 0.240 e. The summed E-state index contributed by atoms with van der Waals surface area (Å²) in [7, 11) is 0. The molecule has 3 N–H and O–H groups in total. The van der Waals surface area contributed by atoms with Gasteiger partial charge >= 0.3 is 0 Å². The molecule has 0 radical (unpaired) electrons. The van der Waals surface area contributed by atoms with Crippen LogP contribution in [0.1, 0.15) is 32.1 Å². The van der Waals surface area contributed by atoms with Crippen molar-refractivity contribution < 1.29 is 13.6 Å². The molecule has 0 spiro atoms. The van der Waals surface area contributed by atoms with Crippen molar-refractivity contribution in [2.24, 2.45) is 5.10 Å². The molecule has 1 aliphatic rings. The zero-order valence-electron chi connectivity index (χ0n) is 13.9. The Hall–Kier alpha value is -2.49. The molecule has 0 bridgehead atoms. The lowest BCUT2D eigenvalue weighted by molar-refractivity contribution is -0.113. The quantitative estimate of drug-likeness (QED) is 0.526. The molecule has 0 saturated heterocycles. The first-order valence-corrected chi connectivity index (χ1v) is 9.20. The third-order valence-electron chi connectivity index (χ3n) is 3.75. The van der Waals surface area contributed by atoms with Gasteiger partial charge in [-0.15, -0.1) is 5.10 Å². The van der Waals surface area contributed by atoms with E-state index in [1.807, 2.05) is 0 Å². The number of nitrogens with one attached hydrogen (secondary N) is 3. The predicted molar refractivity (Wildman–Crippen MR) is 96.2 cm³/mol. The van der Waals surface area contributed by atoms with E-state index in [0.717, 1.165) is 55.3 Å². The molecule has 1 aromatic carbocycles. The van der Waals surface area contributed by atoms with Crippen molar-refractivity contribution >= 4 is 35.0 Å². The van der Waals surface area contributed by atoms with Crippen LogP contribution in [0.3, 0.4) is 0 Å². The molecule has 1 amide bonds. The lowest BCUT2D eigenvalue weighted by Gasteiger charge is -2.11. The van der Waals surface area contributed by atoms with E-state index in [1.54, 1.807) is 0 Å². The van der Waals surface area contributed by atoms with E-state index in [4.69, 9.17) is 0 Å². The van der Waals surface area contributed by atoms with Crippen LogP contribution in [0.5, 0.6) is 0 Å². The number of amides is 1. The fourth-order valence-corrected chi connectivity index (χ4v) is 3.06. The van der Waals surface area contributed by atoms with Crippen LogP contribution in [-0.2, 0) is 4.79 Å². The molecule has 2 aromatic rings. The average Bonchev–Trinajstić information content (AvgIpc) is 3.10. The molecule has 1 aliphatic carbocycles. The molecular formula is C16H18F2N6OS. The third kappa shape index (κ3) is 5.25. The second kappa shape index (κ2) is 8.75. The van der Waals surface area contributed by atoms with Gasteiger partial charge in [-0.3, -0.25) is 4.79 Å². The average molecular weight is 380 g/mol. The van der Waals surface area contributed by atoms with E-state index in [2.05, 4.69) is 31.0 Å². The highest BCUT2D eigenvalue weighted by Gasteiger charge is 2.10. The summed E-state index contributed by atoms with van der Waals surface area (Å²) < 4.78 is 26.0. The SMILES string of the molecule is O=C(CSc1n[nH]c(NN=C2CCCCC2)n1)Nc1ccc(F)c(F)c1. The Labute approximate surface area is 153 Å².